The summed E-state index contributed by atoms with van der Waals surface area (Å²) in [5.74, 6) is -0.287. The van der Waals surface area contributed by atoms with Gasteiger partial charge in [-0.15, -0.1) is 0 Å². The lowest BCUT2D eigenvalue weighted by molar-refractivity contribution is -0.116. The third kappa shape index (κ3) is 2.15. The highest BCUT2D eigenvalue weighted by Crippen LogP contribution is 2.13. The Morgan fingerprint density at radius 2 is 2.27 bits per heavy atom. The summed E-state index contributed by atoms with van der Waals surface area (Å²) < 4.78 is 4.87. The van der Waals surface area contributed by atoms with Gasteiger partial charge in [0.25, 0.3) is 0 Å². The maximum Gasteiger partial charge on any atom is 0.417 e. The standard InChI is InChI=1S/C11H11NO3/c1-7(13)2-3-8-4-5-10-9(6-8)12-11(14)15-10/h4-6H,2-3H2,1H3,(H,12,14). The zero-order chi connectivity index (χ0) is 10.8. The lowest BCUT2D eigenvalue weighted by Crippen LogP contribution is -1.94. The van der Waals surface area contributed by atoms with Gasteiger partial charge in [-0.25, -0.2) is 4.79 Å². The number of nitrogens with one attached hydrogen (secondary N) is 1. The van der Waals surface area contributed by atoms with E-state index in [4.69, 9.17) is 4.42 Å². The molecule has 2 aromatic rings. The molecule has 1 aromatic heterocycles. The fraction of sp³-hybridized carbons (Fsp3) is 0.273. The minimum absolute atomic E-state index is 0.163. The predicted octanol–water partition coefficient (Wildman–Crippen LogP) is 1.64. The second-order valence-corrected chi connectivity index (χ2v) is 3.55. The van der Waals surface area contributed by atoms with Crippen LogP contribution in [0.15, 0.2) is 27.4 Å². The molecular weight excluding hydrogens is 194 g/mol. The number of oxazole rings is 1. The van der Waals surface area contributed by atoms with Crippen LogP contribution in [0.5, 0.6) is 0 Å². The molecule has 4 heteroatoms. The van der Waals surface area contributed by atoms with E-state index in [0.717, 1.165) is 5.56 Å². The van der Waals surface area contributed by atoms with Gasteiger partial charge in [-0.05, 0) is 31.0 Å². The maximum atomic E-state index is 10.9. The molecular formula is C11H11NO3. The first-order valence-electron chi connectivity index (χ1n) is 4.76. The molecule has 0 aliphatic rings. The summed E-state index contributed by atoms with van der Waals surface area (Å²) in [7, 11) is 0. The summed E-state index contributed by atoms with van der Waals surface area (Å²) in [6.07, 6.45) is 1.21. The van der Waals surface area contributed by atoms with E-state index in [2.05, 4.69) is 4.98 Å². The molecule has 0 saturated carbocycles. The fourth-order valence-corrected chi connectivity index (χ4v) is 1.48. The molecule has 0 saturated heterocycles. The number of H-pyrrole nitrogens is 1. The summed E-state index contributed by atoms with van der Waals surface area (Å²) >= 11 is 0. The first-order chi connectivity index (χ1) is 7.15. The molecule has 0 spiro atoms. The molecule has 4 nitrogen and oxygen atoms in total. The molecule has 0 atom stereocenters. The second kappa shape index (κ2) is 3.73. The number of ketones is 1. The third-order valence-electron chi connectivity index (χ3n) is 2.25. The average Bonchev–Trinajstić information content (AvgIpc) is 2.53. The normalized spacial score (nSPS) is 10.7. The molecule has 78 valence electrons. The van der Waals surface area contributed by atoms with Crippen molar-refractivity contribution in [1.29, 1.82) is 0 Å². The van der Waals surface area contributed by atoms with Crippen molar-refractivity contribution in [2.24, 2.45) is 0 Å². The van der Waals surface area contributed by atoms with Crippen LogP contribution in [0.3, 0.4) is 0 Å². The van der Waals surface area contributed by atoms with Crippen LogP contribution in [0.2, 0.25) is 0 Å². The Morgan fingerprint density at radius 3 is 3.00 bits per heavy atom. The monoisotopic (exact) mass is 205 g/mol. The van der Waals surface area contributed by atoms with Crippen molar-refractivity contribution in [3.05, 3.63) is 34.3 Å². The van der Waals surface area contributed by atoms with E-state index in [1.54, 1.807) is 13.0 Å². The number of benzene rings is 1. The molecule has 0 amide bonds. The molecule has 0 unspecified atom stereocenters. The van der Waals surface area contributed by atoms with E-state index >= 15 is 0 Å². The Kier molecular flexibility index (Phi) is 2.41. The van der Waals surface area contributed by atoms with Gasteiger partial charge in [0.2, 0.25) is 0 Å². The zero-order valence-electron chi connectivity index (χ0n) is 8.37. The minimum Gasteiger partial charge on any atom is -0.408 e. The number of fused-ring (bicyclic) bond motifs is 1. The molecule has 0 aliphatic heterocycles. The number of hydrogen-bond acceptors (Lipinski definition) is 3. The molecule has 15 heavy (non-hydrogen) atoms. The van der Waals surface area contributed by atoms with Gasteiger partial charge in [0.05, 0.1) is 5.52 Å². The van der Waals surface area contributed by atoms with Gasteiger partial charge in [-0.2, -0.15) is 0 Å². The van der Waals surface area contributed by atoms with Crippen molar-refractivity contribution in [2.75, 3.05) is 0 Å². The largest absolute Gasteiger partial charge is 0.417 e. The van der Waals surface area contributed by atoms with E-state index in [0.29, 0.717) is 23.9 Å². The van der Waals surface area contributed by atoms with E-state index in [1.807, 2.05) is 12.1 Å². The van der Waals surface area contributed by atoms with Crippen LogP contribution < -0.4 is 5.76 Å². The number of aromatic nitrogens is 1. The molecule has 0 aliphatic carbocycles. The summed E-state index contributed by atoms with van der Waals surface area (Å²) in [6, 6.07) is 5.44. The number of rotatable bonds is 3. The van der Waals surface area contributed by atoms with Crippen molar-refractivity contribution in [2.45, 2.75) is 19.8 Å². The third-order valence-corrected chi connectivity index (χ3v) is 2.25. The highest BCUT2D eigenvalue weighted by Gasteiger charge is 2.02. The fourth-order valence-electron chi connectivity index (χ4n) is 1.48. The van der Waals surface area contributed by atoms with Gasteiger partial charge in [0.15, 0.2) is 5.58 Å². The van der Waals surface area contributed by atoms with Crippen LogP contribution >= 0.6 is 0 Å². The number of carbonyl (C=O) groups excluding carboxylic acids is 1. The highest BCUT2D eigenvalue weighted by molar-refractivity contribution is 5.76. The Morgan fingerprint density at radius 1 is 1.47 bits per heavy atom. The number of hydrogen-bond donors (Lipinski definition) is 1. The topological polar surface area (TPSA) is 63.1 Å². The van der Waals surface area contributed by atoms with E-state index < -0.39 is 5.76 Å². The smallest absolute Gasteiger partial charge is 0.408 e. The number of carbonyl (C=O) groups is 1. The van der Waals surface area contributed by atoms with Gasteiger partial charge >= 0.3 is 5.76 Å². The quantitative estimate of drug-likeness (QED) is 0.828. The predicted molar refractivity (Wildman–Crippen MR) is 55.8 cm³/mol. The van der Waals surface area contributed by atoms with Gasteiger partial charge in [-0.3, -0.25) is 4.98 Å². The van der Waals surface area contributed by atoms with Gasteiger partial charge in [0, 0.05) is 6.42 Å². The average molecular weight is 205 g/mol. The Bertz CT molecular complexity index is 550. The van der Waals surface area contributed by atoms with Gasteiger partial charge in [0.1, 0.15) is 5.78 Å². The van der Waals surface area contributed by atoms with Crippen molar-refractivity contribution in [1.82, 2.24) is 4.98 Å². The number of aromatic amines is 1. The molecule has 1 N–H and O–H groups in total. The van der Waals surface area contributed by atoms with Crippen LogP contribution in [-0.4, -0.2) is 10.8 Å². The van der Waals surface area contributed by atoms with Crippen molar-refractivity contribution in [3.63, 3.8) is 0 Å². The van der Waals surface area contributed by atoms with Crippen LogP contribution in [0.25, 0.3) is 11.1 Å². The summed E-state index contributed by atoms with van der Waals surface area (Å²) in [5.41, 5.74) is 2.25. The molecule has 1 aromatic carbocycles. The van der Waals surface area contributed by atoms with Crippen molar-refractivity contribution >= 4 is 16.9 Å². The highest BCUT2D eigenvalue weighted by atomic mass is 16.4. The maximum absolute atomic E-state index is 10.9. The molecule has 0 bridgehead atoms. The molecule has 0 radical (unpaired) electrons. The molecule has 0 fully saturated rings. The zero-order valence-corrected chi connectivity index (χ0v) is 8.37. The number of Topliss-reactive ketones (excluding diaryl/α,β-unsaturated/α-hetero) is 1. The van der Waals surface area contributed by atoms with Crippen LogP contribution in [0, 0.1) is 0 Å². The Hall–Kier alpha value is -1.84. The Balaban J connectivity index is 2.30. The van der Waals surface area contributed by atoms with Gasteiger partial charge < -0.3 is 9.21 Å². The van der Waals surface area contributed by atoms with Crippen LogP contribution in [-0.2, 0) is 11.2 Å². The Labute approximate surface area is 85.9 Å². The van der Waals surface area contributed by atoms with E-state index in [9.17, 15) is 9.59 Å². The summed E-state index contributed by atoms with van der Waals surface area (Å²) in [5, 5.41) is 0. The van der Waals surface area contributed by atoms with E-state index in [-0.39, 0.29) is 5.78 Å². The first-order valence-corrected chi connectivity index (χ1v) is 4.76. The van der Waals surface area contributed by atoms with Gasteiger partial charge in [-0.1, -0.05) is 6.07 Å². The van der Waals surface area contributed by atoms with Crippen molar-refractivity contribution < 1.29 is 9.21 Å². The lowest BCUT2D eigenvalue weighted by Gasteiger charge is -1.97. The lowest BCUT2D eigenvalue weighted by atomic mass is 10.1. The summed E-state index contributed by atoms with van der Waals surface area (Å²) in [4.78, 5) is 24.3. The minimum atomic E-state index is -0.450. The second-order valence-electron chi connectivity index (χ2n) is 3.55. The summed E-state index contributed by atoms with van der Waals surface area (Å²) in [6.45, 7) is 1.57. The van der Waals surface area contributed by atoms with Crippen molar-refractivity contribution in [3.8, 4) is 0 Å². The van der Waals surface area contributed by atoms with Crippen LogP contribution in [0.4, 0.5) is 0 Å². The first kappa shape index (κ1) is 9.71. The number of aryl methyl sites for hydroxylation is 1. The SMILES string of the molecule is CC(=O)CCc1ccc2oc(=O)[nH]c2c1. The molecule has 2 rings (SSSR count). The van der Waals surface area contributed by atoms with E-state index in [1.165, 1.54) is 0 Å². The molecule has 1 heterocycles. The van der Waals surface area contributed by atoms with Crippen LogP contribution in [0.1, 0.15) is 18.9 Å².